The molecule has 0 radical (unpaired) electrons. The minimum atomic E-state index is -0.726. The van der Waals surface area contributed by atoms with E-state index in [1.165, 1.54) is 17.1 Å². The minimum absolute atomic E-state index is 0.123. The van der Waals surface area contributed by atoms with E-state index in [2.05, 4.69) is 15.3 Å². The summed E-state index contributed by atoms with van der Waals surface area (Å²) < 4.78 is 19.3. The second-order valence-corrected chi connectivity index (χ2v) is 7.78. The molecule has 2 aromatic carbocycles. The molecule has 0 bridgehead atoms. The van der Waals surface area contributed by atoms with E-state index in [4.69, 9.17) is 10.5 Å². The van der Waals surface area contributed by atoms with Gasteiger partial charge in [-0.15, -0.1) is 0 Å². The second kappa shape index (κ2) is 9.88. The van der Waals surface area contributed by atoms with Gasteiger partial charge in [0.2, 0.25) is 5.91 Å². The molecule has 9 heteroatoms. The van der Waals surface area contributed by atoms with Gasteiger partial charge < -0.3 is 15.8 Å². The van der Waals surface area contributed by atoms with Crippen molar-refractivity contribution in [2.75, 3.05) is 37.9 Å². The van der Waals surface area contributed by atoms with Crippen molar-refractivity contribution in [1.82, 2.24) is 10.2 Å². The number of nitrogens with zero attached hydrogens (tertiary/aromatic N) is 3. The van der Waals surface area contributed by atoms with Gasteiger partial charge in [-0.2, -0.15) is 5.10 Å². The third-order valence-corrected chi connectivity index (χ3v) is 5.70. The molecule has 2 aliphatic heterocycles. The van der Waals surface area contributed by atoms with Gasteiger partial charge in [-0.3, -0.25) is 19.5 Å². The third kappa shape index (κ3) is 4.95. The summed E-state index contributed by atoms with van der Waals surface area (Å²) in [6, 6.07) is 14.6. The van der Waals surface area contributed by atoms with E-state index in [1.807, 2.05) is 24.3 Å². The van der Waals surface area contributed by atoms with Crippen molar-refractivity contribution in [1.29, 1.82) is 0 Å². The molecule has 1 saturated heterocycles. The van der Waals surface area contributed by atoms with Gasteiger partial charge in [-0.25, -0.2) is 4.39 Å². The number of nitrogens with two attached hydrogens (primary N) is 1. The first-order valence-electron chi connectivity index (χ1n) is 10.6. The fourth-order valence-corrected chi connectivity index (χ4v) is 4.04. The van der Waals surface area contributed by atoms with E-state index in [1.54, 1.807) is 18.2 Å². The zero-order valence-corrected chi connectivity index (χ0v) is 17.6. The number of morpholine rings is 1. The van der Waals surface area contributed by atoms with Gasteiger partial charge in [-0.1, -0.05) is 30.3 Å². The average molecular weight is 439 g/mol. The lowest BCUT2D eigenvalue weighted by Crippen LogP contribution is -2.45. The maximum atomic E-state index is 13.9. The zero-order valence-electron chi connectivity index (χ0n) is 17.6. The maximum Gasteiger partial charge on any atom is 0.267 e. The van der Waals surface area contributed by atoms with Crippen molar-refractivity contribution in [3.8, 4) is 0 Å². The summed E-state index contributed by atoms with van der Waals surface area (Å²) in [6.07, 6.45) is 0.123. The van der Waals surface area contributed by atoms with E-state index in [9.17, 15) is 14.0 Å². The number of primary amides is 1. The van der Waals surface area contributed by atoms with Crippen LogP contribution in [-0.2, 0) is 14.3 Å². The topological polar surface area (TPSA) is 100 Å². The van der Waals surface area contributed by atoms with Crippen LogP contribution in [0.1, 0.15) is 18.0 Å². The summed E-state index contributed by atoms with van der Waals surface area (Å²) in [7, 11) is 0. The number of amides is 2. The van der Waals surface area contributed by atoms with Crippen molar-refractivity contribution in [2.24, 2.45) is 10.8 Å². The molecule has 0 aromatic heterocycles. The molecule has 3 N–H and O–H groups in total. The second-order valence-electron chi connectivity index (χ2n) is 7.78. The molecule has 1 fully saturated rings. The Bertz CT molecular complexity index is 994. The predicted octanol–water partition coefficient (Wildman–Crippen LogP) is 1.44. The van der Waals surface area contributed by atoms with Gasteiger partial charge >= 0.3 is 0 Å². The Kier molecular flexibility index (Phi) is 6.77. The number of halogens is 1. The summed E-state index contributed by atoms with van der Waals surface area (Å²) in [5, 5.41) is 8.79. The van der Waals surface area contributed by atoms with Crippen LogP contribution in [0.15, 0.2) is 59.7 Å². The highest BCUT2D eigenvalue weighted by Crippen LogP contribution is 2.25. The Morgan fingerprint density at radius 2 is 1.91 bits per heavy atom. The number of para-hydroxylation sites is 1. The zero-order chi connectivity index (χ0) is 22.5. The number of hydrazone groups is 1. The Morgan fingerprint density at radius 3 is 2.59 bits per heavy atom. The van der Waals surface area contributed by atoms with E-state index in [0.29, 0.717) is 32.0 Å². The Morgan fingerprint density at radius 1 is 1.16 bits per heavy atom. The number of hydrogen-bond acceptors (Lipinski definition) is 6. The number of rotatable bonds is 7. The predicted molar refractivity (Wildman–Crippen MR) is 118 cm³/mol. The summed E-state index contributed by atoms with van der Waals surface area (Å²) in [5.41, 5.74) is 7.26. The van der Waals surface area contributed by atoms with Crippen LogP contribution < -0.4 is 16.1 Å². The Balaban J connectivity index is 1.49. The molecule has 4 rings (SSSR count). The normalized spacial score (nSPS) is 20.0. The molecule has 2 amide bonds. The van der Waals surface area contributed by atoms with Crippen LogP contribution in [0.5, 0.6) is 0 Å². The molecule has 8 nitrogen and oxygen atoms in total. The van der Waals surface area contributed by atoms with E-state index in [-0.39, 0.29) is 36.4 Å². The summed E-state index contributed by atoms with van der Waals surface area (Å²) in [5.74, 6) is -1.24. The van der Waals surface area contributed by atoms with Crippen molar-refractivity contribution in [3.05, 3.63) is 66.0 Å². The number of hydrogen-bond donors (Lipinski definition) is 2. The number of nitrogens with one attached hydrogen (secondary N) is 1. The number of ether oxygens (including phenoxy) is 1. The van der Waals surface area contributed by atoms with Gasteiger partial charge in [-0.05, 0) is 29.8 Å². The fourth-order valence-electron chi connectivity index (χ4n) is 4.04. The first-order chi connectivity index (χ1) is 15.5. The van der Waals surface area contributed by atoms with Crippen molar-refractivity contribution < 1.29 is 18.7 Å². The van der Waals surface area contributed by atoms with E-state index in [0.717, 1.165) is 5.56 Å². The van der Waals surface area contributed by atoms with Crippen molar-refractivity contribution in [3.63, 3.8) is 0 Å². The maximum absolute atomic E-state index is 13.9. The first-order valence-corrected chi connectivity index (χ1v) is 10.6. The molecular weight excluding hydrogens is 413 g/mol. The molecule has 2 aromatic rings. The van der Waals surface area contributed by atoms with Crippen LogP contribution in [-0.4, -0.2) is 61.3 Å². The monoisotopic (exact) mass is 439 g/mol. The number of carbonyl (C=O) groups is 2. The quantitative estimate of drug-likeness (QED) is 0.680. The molecule has 2 unspecified atom stereocenters. The average Bonchev–Trinajstić information content (AvgIpc) is 3.27. The molecule has 32 heavy (non-hydrogen) atoms. The summed E-state index contributed by atoms with van der Waals surface area (Å²) in [6.45, 7) is 2.80. The lowest BCUT2D eigenvalue weighted by Gasteiger charge is -2.35. The Labute approximate surface area is 185 Å². The van der Waals surface area contributed by atoms with Gasteiger partial charge in [0.05, 0.1) is 24.9 Å². The van der Waals surface area contributed by atoms with Crippen LogP contribution in [0.25, 0.3) is 0 Å². The van der Waals surface area contributed by atoms with Gasteiger partial charge in [0.1, 0.15) is 17.6 Å². The van der Waals surface area contributed by atoms with Crippen LogP contribution in [0, 0.1) is 5.82 Å². The van der Waals surface area contributed by atoms with Crippen LogP contribution in [0.4, 0.5) is 10.1 Å². The molecular formula is C23H26FN5O3. The smallest absolute Gasteiger partial charge is 0.267 e. The van der Waals surface area contributed by atoms with Crippen LogP contribution in [0.3, 0.4) is 0 Å². The third-order valence-electron chi connectivity index (χ3n) is 5.70. The van der Waals surface area contributed by atoms with Gasteiger partial charge in [0, 0.05) is 26.1 Å². The van der Waals surface area contributed by atoms with E-state index < -0.39 is 11.9 Å². The molecule has 168 valence electrons. The molecule has 2 heterocycles. The standard InChI is InChI=1S/C23H26FN5O3/c24-17-6-4-5-16(13-17)21(28-9-11-32-12-10-28)15-26-23(31)19-14-20(22(25)30)29(27-19)18-7-2-1-3-8-18/h1-8,13,20-21H,9-12,14-15H2,(H2,25,30)(H,26,31). The summed E-state index contributed by atoms with van der Waals surface area (Å²) >= 11 is 0. The minimum Gasteiger partial charge on any atom is -0.379 e. The van der Waals surface area contributed by atoms with Crippen LogP contribution >= 0.6 is 0 Å². The highest BCUT2D eigenvalue weighted by molar-refractivity contribution is 6.40. The highest BCUT2D eigenvalue weighted by Gasteiger charge is 2.35. The summed E-state index contributed by atoms with van der Waals surface area (Å²) in [4.78, 5) is 27.1. The lowest BCUT2D eigenvalue weighted by molar-refractivity contribution is -0.119. The van der Waals surface area contributed by atoms with E-state index >= 15 is 0 Å². The fraction of sp³-hybridized carbons (Fsp3) is 0.348. The van der Waals surface area contributed by atoms with Gasteiger partial charge in [0.15, 0.2) is 0 Å². The SMILES string of the molecule is NC(=O)C1CC(C(=O)NCC(c2cccc(F)c2)N2CCOCC2)=NN1c1ccccc1. The number of benzene rings is 2. The number of anilines is 1. The lowest BCUT2D eigenvalue weighted by atomic mass is 10.0. The van der Waals surface area contributed by atoms with Crippen molar-refractivity contribution >= 4 is 23.2 Å². The van der Waals surface area contributed by atoms with Crippen LogP contribution in [0.2, 0.25) is 0 Å². The molecule has 0 saturated carbocycles. The first kappa shape index (κ1) is 21.9. The largest absolute Gasteiger partial charge is 0.379 e. The Hall–Kier alpha value is -3.30. The highest BCUT2D eigenvalue weighted by atomic mass is 19.1. The van der Waals surface area contributed by atoms with Crippen molar-refractivity contribution in [2.45, 2.75) is 18.5 Å². The molecule has 2 aliphatic rings. The molecule has 2 atom stereocenters. The molecule has 0 spiro atoms. The number of carbonyl (C=O) groups excluding carboxylic acids is 2. The molecule has 0 aliphatic carbocycles. The van der Waals surface area contributed by atoms with Gasteiger partial charge in [0.25, 0.3) is 5.91 Å².